The molecule has 0 radical (unpaired) electrons. The molecule has 6 nitrogen and oxygen atoms in total. The van der Waals surface area contributed by atoms with Crippen molar-refractivity contribution in [3.05, 3.63) is 76.8 Å². The Balaban J connectivity index is 1.55. The SMILES string of the molecule is CC(=O)c1cccc(NC(=O)c2csc(NC(=O)CCc3ccccc3)n2)c1. The largest absolute Gasteiger partial charge is 0.321 e. The van der Waals surface area contributed by atoms with Gasteiger partial charge in [0.05, 0.1) is 0 Å². The van der Waals surface area contributed by atoms with Crippen molar-refractivity contribution in [1.29, 1.82) is 0 Å². The maximum atomic E-state index is 12.3. The zero-order chi connectivity index (χ0) is 19.9. The second-order valence-electron chi connectivity index (χ2n) is 6.16. The topological polar surface area (TPSA) is 88.2 Å². The van der Waals surface area contributed by atoms with E-state index in [-0.39, 0.29) is 17.4 Å². The highest BCUT2D eigenvalue weighted by Crippen LogP contribution is 2.18. The highest BCUT2D eigenvalue weighted by atomic mass is 32.1. The first-order valence-corrected chi connectivity index (χ1v) is 9.61. The van der Waals surface area contributed by atoms with Gasteiger partial charge in [0.2, 0.25) is 5.91 Å². The molecule has 3 rings (SSSR count). The van der Waals surface area contributed by atoms with Crippen molar-refractivity contribution in [1.82, 2.24) is 4.98 Å². The van der Waals surface area contributed by atoms with Crippen molar-refractivity contribution in [2.24, 2.45) is 0 Å². The van der Waals surface area contributed by atoms with Gasteiger partial charge in [-0.1, -0.05) is 42.5 Å². The van der Waals surface area contributed by atoms with Crippen LogP contribution in [0.25, 0.3) is 0 Å². The molecule has 2 aromatic carbocycles. The molecule has 0 fully saturated rings. The number of hydrogen-bond donors (Lipinski definition) is 2. The minimum absolute atomic E-state index is 0.0785. The number of benzene rings is 2. The summed E-state index contributed by atoms with van der Waals surface area (Å²) in [7, 11) is 0. The lowest BCUT2D eigenvalue weighted by Gasteiger charge is -2.04. The highest BCUT2D eigenvalue weighted by molar-refractivity contribution is 7.14. The van der Waals surface area contributed by atoms with Crippen LogP contribution < -0.4 is 10.6 Å². The fourth-order valence-electron chi connectivity index (χ4n) is 2.53. The maximum Gasteiger partial charge on any atom is 0.275 e. The highest BCUT2D eigenvalue weighted by Gasteiger charge is 2.13. The number of aromatic nitrogens is 1. The van der Waals surface area contributed by atoms with Crippen molar-refractivity contribution < 1.29 is 14.4 Å². The van der Waals surface area contributed by atoms with Crippen LogP contribution in [0.1, 0.15) is 39.8 Å². The van der Waals surface area contributed by atoms with Gasteiger partial charge in [-0.3, -0.25) is 14.4 Å². The molecule has 0 aliphatic rings. The first kappa shape index (κ1) is 19.4. The molecule has 7 heteroatoms. The molecule has 0 unspecified atom stereocenters. The van der Waals surface area contributed by atoms with Crippen LogP contribution in [0.3, 0.4) is 0 Å². The van der Waals surface area contributed by atoms with Crippen molar-refractivity contribution in [3.8, 4) is 0 Å². The van der Waals surface area contributed by atoms with Gasteiger partial charge in [0.25, 0.3) is 5.91 Å². The van der Waals surface area contributed by atoms with Crippen LogP contribution in [-0.4, -0.2) is 22.6 Å². The molecule has 1 aromatic heterocycles. The quantitative estimate of drug-likeness (QED) is 0.590. The van der Waals surface area contributed by atoms with E-state index in [9.17, 15) is 14.4 Å². The molecule has 142 valence electrons. The monoisotopic (exact) mass is 393 g/mol. The Morgan fingerprint density at radius 3 is 2.54 bits per heavy atom. The van der Waals surface area contributed by atoms with Gasteiger partial charge in [-0.15, -0.1) is 11.3 Å². The molecular weight excluding hydrogens is 374 g/mol. The molecule has 0 aliphatic heterocycles. The predicted octanol–water partition coefficient (Wildman–Crippen LogP) is 4.17. The Kier molecular flexibility index (Phi) is 6.29. The molecule has 2 N–H and O–H groups in total. The number of ketones is 1. The number of anilines is 2. The number of carbonyl (C=O) groups excluding carboxylic acids is 3. The first-order chi connectivity index (χ1) is 13.5. The van der Waals surface area contributed by atoms with Crippen molar-refractivity contribution >= 4 is 39.8 Å². The van der Waals surface area contributed by atoms with Gasteiger partial charge in [-0.05, 0) is 31.0 Å². The number of hydrogen-bond acceptors (Lipinski definition) is 5. The smallest absolute Gasteiger partial charge is 0.275 e. The summed E-state index contributed by atoms with van der Waals surface area (Å²) in [6.07, 6.45) is 0.973. The number of nitrogens with one attached hydrogen (secondary N) is 2. The van der Waals surface area contributed by atoms with E-state index >= 15 is 0 Å². The van der Waals surface area contributed by atoms with E-state index in [1.165, 1.54) is 18.3 Å². The number of Topliss-reactive ketones (excluding diaryl/α,β-unsaturated/α-hetero) is 1. The van der Waals surface area contributed by atoms with E-state index in [4.69, 9.17) is 0 Å². The molecule has 0 saturated carbocycles. The second-order valence-corrected chi connectivity index (χ2v) is 7.02. The number of thiazole rings is 1. The summed E-state index contributed by atoms with van der Waals surface area (Å²) in [6, 6.07) is 16.4. The fraction of sp³-hybridized carbons (Fsp3) is 0.143. The minimum Gasteiger partial charge on any atom is -0.321 e. The maximum absolute atomic E-state index is 12.3. The second kappa shape index (κ2) is 9.05. The van der Waals surface area contributed by atoms with Gasteiger partial charge in [-0.25, -0.2) is 4.98 Å². The third kappa shape index (κ3) is 5.34. The van der Waals surface area contributed by atoms with Crippen LogP contribution in [-0.2, 0) is 11.2 Å². The lowest BCUT2D eigenvalue weighted by Crippen LogP contribution is -2.14. The van der Waals surface area contributed by atoms with Crippen LogP contribution in [0.5, 0.6) is 0 Å². The van der Waals surface area contributed by atoms with E-state index in [2.05, 4.69) is 15.6 Å². The number of carbonyl (C=O) groups is 3. The average molecular weight is 393 g/mol. The van der Waals surface area contributed by atoms with Gasteiger partial charge >= 0.3 is 0 Å². The predicted molar refractivity (Wildman–Crippen MR) is 110 cm³/mol. The third-order valence-corrected chi connectivity index (χ3v) is 4.75. The molecule has 1 heterocycles. The number of aryl methyl sites for hydroxylation is 1. The summed E-state index contributed by atoms with van der Waals surface area (Å²) in [6.45, 7) is 1.47. The van der Waals surface area contributed by atoms with Gasteiger partial charge in [-0.2, -0.15) is 0 Å². The Hall–Kier alpha value is -3.32. The first-order valence-electron chi connectivity index (χ1n) is 8.73. The van der Waals surface area contributed by atoms with Crippen LogP contribution in [0, 0.1) is 0 Å². The molecule has 0 spiro atoms. The van der Waals surface area contributed by atoms with Gasteiger partial charge in [0, 0.05) is 23.1 Å². The number of nitrogens with zero attached hydrogens (tertiary/aromatic N) is 1. The van der Waals surface area contributed by atoms with E-state index in [1.807, 2.05) is 30.3 Å². The lowest BCUT2D eigenvalue weighted by molar-refractivity contribution is -0.116. The molecule has 3 aromatic rings. The molecule has 0 aliphatic carbocycles. The van der Waals surface area contributed by atoms with Gasteiger partial charge < -0.3 is 10.6 Å². The summed E-state index contributed by atoms with van der Waals surface area (Å²) in [5.41, 5.74) is 2.32. The third-order valence-electron chi connectivity index (χ3n) is 3.99. The summed E-state index contributed by atoms with van der Waals surface area (Å²) < 4.78 is 0. The fourth-order valence-corrected chi connectivity index (χ4v) is 3.24. The standard InChI is InChI=1S/C21H19N3O3S/c1-14(25)16-8-5-9-17(12-16)22-20(27)18-13-28-21(23-18)24-19(26)11-10-15-6-3-2-4-7-15/h2-9,12-13H,10-11H2,1H3,(H,22,27)(H,23,24,26). The molecule has 28 heavy (non-hydrogen) atoms. The molecule has 0 atom stereocenters. The Labute approximate surface area is 166 Å². The van der Waals surface area contributed by atoms with Crippen LogP contribution >= 0.6 is 11.3 Å². The van der Waals surface area contributed by atoms with Crippen LogP contribution in [0.2, 0.25) is 0 Å². The lowest BCUT2D eigenvalue weighted by atomic mass is 10.1. The summed E-state index contributed by atoms with van der Waals surface area (Å²) >= 11 is 1.19. The molecular formula is C21H19N3O3S. The Bertz CT molecular complexity index is 999. The number of amides is 2. The normalized spacial score (nSPS) is 10.3. The summed E-state index contributed by atoms with van der Waals surface area (Å²) in [5.74, 6) is -0.633. The van der Waals surface area contributed by atoms with Crippen molar-refractivity contribution in [2.45, 2.75) is 19.8 Å². The molecule has 0 saturated heterocycles. The Morgan fingerprint density at radius 1 is 1.00 bits per heavy atom. The molecule has 0 bridgehead atoms. The zero-order valence-corrected chi connectivity index (χ0v) is 16.1. The van der Waals surface area contributed by atoms with Crippen LogP contribution in [0.15, 0.2) is 60.0 Å². The van der Waals surface area contributed by atoms with Gasteiger partial charge in [0.15, 0.2) is 10.9 Å². The molecule has 2 amide bonds. The minimum atomic E-state index is -0.401. The average Bonchev–Trinajstić information content (AvgIpc) is 3.16. The van der Waals surface area contributed by atoms with Gasteiger partial charge in [0.1, 0.15) is 5.69 Å². The van der Waals surface area contributed by atoms with Crippen molar-refractivity contribution in [2.75, 3.05) is 10.6 Å². The zero-order valence-electron chi connectivity index (χ0n) is 15.3. The van der Waals surface area contributed by atoms with E-state index in [0.717, 1.165) is 5.56 Å². The van der Waals surface area contributed by atoms with E-state index < -0.39 is 5.91 Å². The van der Waals surface area contributed by atoms with E-state index in [1.54, 1.807) is 29.6 Å². The Morgan fingerprint density at radius 2 is 1.79 bits per heavy atom. The summed E-state index contributed by atoms with van der Waals surface area (Å²) in [5, 5.41) is 7.38. The van der Waals surface area contributed by atoms with E-state index in [0.29, 0.717) is 29.2 Å². The van der Waals surface area contributed by atoms with Crippen molar-refractivity contribution in [3.63, 3.8) is 0 Å². The number of rotatable bonds is 7. The van der Waals surface area contributed by atoms with Crippen LogP contribution in [0.4, 0.5) is 10.8 Å². The summed E-state index contributed by atoms with van der Waals surface area (Å²) in [4.78, 5) is 40.0.